The lowest BCUT2D eigenvalue weighted by molar-refractivity contribution is 0.410. The van der Waals surface area contributed by atoms with E-state index in [1.165, 1.54) is 4.41 Å². The smallest absolute Gasteiger partial charge is 0.200 e. The molecule has 1 aliphatic rings. The fourth-order valence-corrected chi connectivity index (χ4v) is 3.66. The van der Waals surface area contributed by atoms with Crippen molar-refractivity contribution in [1.82, 2.24) is 4.41 Å². The van der Waals surface area contributed by atoms with Gasteiger partial charge in [0.15, 0.2) is 0 Å². The Morgan fingerprint density at radius 2 is 1.52 bits per heavy atom. The molecule has 21 heavy (non-hydrogen) atoms. The van der Waals surface area contributed by atoms with Gasteiger partial charge in [0.25, 0.3) is 10.0 Å². The van der Waals surface area contributed by atoms with Crippen LogP contribution in [-0.4, -0.2) is 25.1 Å². The van der Waals surface area contributed by atoms with Gasteiger partial charge in [-0.2, -0.15) is 17.9 Å². The van der Waals surface area contributed by atoms with E-state index < -0.39 is 10.0 Å². The normalized spacial score (nSPS) is 15.6. The molecule has 0 amide bonds. The molecule has 108 valence electrons. The van der Waals surface area contributed by atoms with Gasteiger partial charge < -0.3 is 0 Å². The van der Waals surface area contributed by atoms with E-state index in [9.17, 15) is 8.42 Å². The molecular weight excluding hydrogens is 284 g/mol. The summed E-state index contributed by atoms with van der Waals surface area (Å²) in [5, 5.41) is 4.36. The average Bonchev–Trinajstić information content (AvgIpc) is 2.57. The Balaban J connectivity index is 1.96. The second kappa shape index (κ2) is 5.69. The minimum Gasteiger partial charge on any atom is -0.200 e. The maximum Gasteiger partial charge on any atom is 0.279 e. The summed E-state index contributed by atoms with van der Waals surface area (Å²) in [6, 6.07) is 18.2. The van der Waals surface area contributed by atoms with E-state index in [0.29, 0.717) is 6.54 Å². The van der Waals surface area contributed by atoms with Gasteiger partial charge in [0.05, 0.1) is 17.2 Å². The fourth-order valence-electron chi connectivity index (χ4n) is 2.34. The minimum atomic E-state index is -3.56. The van der Waals surface area contributed by atoms with Gasteiger partial charge in [-0.1, -0.05) is 48.5 Å². The molecule has 0 N–H and O–H groups in total. The number of nitrogens with zero attached hydrogens (tertiary/aromatic N) is 2. The third-order valence-electron chi connectivity index (χ3n) is 3.42. The maximum atomic E-state index is 12.6. The lowest BCUT2D eigenvalue weighted by atomic mass is 10.1. The fraction of sp³-hybridized carbons (Fsp3) is 0.188. The first-order valence-electron chi connectivity index (χ1n) is 6.88. The molecule has 2 aromatic carbocycles. The summed E-state index contributed by atoms with van der Waals surface area (Å²) in [5.74, 6) is 0. The number of rotatable bonds is 3. The van der Waals surface area contributed by atoms with Crippen LogP contribution in [-0.2, 0) is 10.0 Å². The van der Waals surface area contributed by atoms with E-state index in [1.54, 1.807) is 30.3 Å². The van der Waals surface area contributed by atoms with Crippen LogP contribution in [0.1, 0.15) is 18.4 Å². The second-order valence-electron chi connectivity index (χ2n) is 4.88. The first-order valence-corrected chi connectivity index (χ1v) is 8.32. The summed E-state index contributed by atoms with van der Waals surface area (Å²) < 4.78 is 26.4. The van der Waals surface area contributed by atoms with E-state index in [2.05, 4.69) is 5.10 Å². The predicted molar refractivity (Wildman–Crippen MR) is 82.5 cm³/mol. The zero-order valence-corrected chi connectivity index (χ0v) is 12.3. The van der Waals surface area contributed by atoms with Crippen molar-refractivity contribution in [3.63, 3.8) is 0 Å². The van der Waals surface area contributed by atoms with Crippen molar-refractivity contribution in [3.05, 3.63) is 66.2 Å². The van der Waals surface area contributed by atoms with Gasteiger partial charge in [0.2, 0.25) is 0 Å². The molecule has 2 aromatic rings. The van der Waals surface area contributed by atoms with Crippen LogP contribution in [0.4, 0.5) is 0 Å². The van der Waals surface area contributed by atoms with E-state index in [-0.39, 0.29) is 4.90 Å². The third-order valence-corrected chi connectivity index (χ3v) is 5.11. The quantitative estimate of drug-likeness (QED) is 0.875. The highest BCUT2D eigenvalue weighted by Crippen LogP contribution is 2.21. The van der Waals surface area contributed by atoms with Crippen LogP contribution in [0.15, 0.2) is 70.7 Å². The molecule has 0 aromatic heterocycles. The third kappa shape index (κ3) is 2.83. The average molecular weight is 300 g/mol. The van der Waals surface area contributed by atoms with Gasteiger partial charge in [-0.05, 0) is 30.5 Å². The van der Waals surface area contributed by atoms with Crippen molar-refractivity contribution >= 4 is 15.7 Å². The van der Waals surface area contributed by atoms with Gasteiger partial charge in [0.1, 0.15) is 0 Å². The van der Waals surface area contributed by atoms with Crippen LogP contribution >= 0.6 is 0 Å². The Hall–Kier alpha value is -2.14. The number of sulfonamides is 1. The Bertz CT molecular complexity index is 740. The summed E-state index contributed by atoms with van der Waals surface area (Å²) in [6.45, 7) is 0.424. The largest absolute Gasteiger partial charge is 0.279 e. The lowest BCUT2D eigenvalue weighted by Gasteiger charge is -2.24. The summed E-state index contributed by atoms with van der Waals surface area (Å²) in [4.78, 5) is 0.281. The highest BCUT2D eigenvalue weighted by atomic mass is 32.2. The molecule has 3 rings (SSSR count). The molecule has 0 unspecified atom stereocenters. The van der Waals surface area contributed by atoms with Crippen LogP contribution in [0.3, 0.4) is 0 Å². The van der Waals surface area contributed by atoms with E-state index in [1.807, 2.05) is 30.3 Å². The van der Waals surface area contributed by atoms with Gasteiger partial charge in [0, 0.05) is 0 Å². The Labute approximate surface area is 124 Å². The molecule has 1 aliphatic heterocycles. The highest BCUT2D eigenvalue weighted by Gasteiger charge is 2.26. The van der Waals surface area contributed by atoms with Crippen LogP contribution in [0, 0.1) is 0 Å². The Kier molecular flexibility index (Phi) is 3.75. The van der Waals surface area contributed by atoms with Crippen molar-refractivity contribution in [2.24, 2.45) is 5.10 Å². The molecule has 0 atom stereocenters. The lowest BCUT2D eigenvalue weighted by Crippen LogP contribution is -2.32. The molecule has 0 saturated carbocycles. The van der Waals surface area contributed by atoms with Crippen LogP contribution in [0.25, 0.3) is 0 Å². The Morgan fingerprint density at radius 3 is 2.19 bits per heavy atom. The van der Waals surface area contributed by atoms with Crippen molar-refractivity contribution in [3.8, 4) is 0 Å². The van der Waals surface area contributed by atoms with E-state index in [0.717, 1.165) is 24.1 Å². The molecule has 0 radical (unpaired) electrons. The standard InChI is InChI=1S/C16H16N2O2S/c19-21(20,15-10-5-2-6-11-15)18-13-7-12-16(17-18)14-8-3-1-4-9-14/h1-6,8-11H,7,12-13H2. The van der Waals surface area contributed by atoms with Crippen LogP contribution in [0.2, 0.25) is 0 Å². The van der Waals surface area contributed by atoms with Crippen molar-refractivity contribution in [2.75, 3.05) is 6.54 Å². The maximum absolute atomic E-state index is 12.6. The molecule has 1 heterocycles. The first kappa shape index (κ1) is 13.8. The highest BCUT2D eigenvalue weighted by molar-refractivity contribution is 7.89. The minimum absolute atomic E-state index is 0.281. The first-order chi connectivity index (χ1) is 10.2. The monoisotopic (exact) mass is 300 g/mol. The van der Waals surface area contributed by atoms with Crippen molar-refractivity contribution in [2.45, 2.75) is 17.7 Å². The van der Waals surface area contributed by atoms with Gasteiger partial charge in [-0.15, -0.1) is 0 Å². The van der Waals surface area contributed by atoms with Crippen molar-refractivity contribution < 1.29 is 8.42 Å². The van der Waals surface area contributed by atoms with Crippen LogP contribution < -0.4 is 0 Å². The number of hydrogen-bond acceptors (Lipinski definition) is 3. The molecule has 0 saturated heterocycles. The zero-order chi connectivity index (χ0) is 14.7. The number of benzene rings is 2. The van der Waals surface area contributed by atoms with Crippen LogP contribution in [0.5, 0.6) is 0 Å². The van der Waals surface area contributed by atoms with Gasteiger partial charge in [-0.3, -0.25) is 0 Å². The van der Waals surface area contributed by atoms with Gasteiger partial charge in [-0.25, -0.2) is 0 Å². The topological polar surface area (TPSA) is 49.7 Å². The summed E-state index contributed by atoms with van der Waals surface area (Å²) >= 11 is 0. The molecule has 0 bridgehead atoms. The molecule has 5 heteroatoms. The molecule has 0 fully saturated rings. The van der Waals surface area contributed by atoms with E-state index in [4.69, 9.17) is 0 Å². The SMILES string of the molecule is O=S(=O)(c1ccccc1)N1CCCC(c2ccccc2)=N1. The predicted octanol–water partition coefficient (Wildman–Crippen LogP) is 2.88. The summed E-state index contributed by atoms with van der Waals surface area (Å²) in [6.07, 6.45) is 1.57. The zero-order valence-electron chi connectivity index (χ0n) is 11.5. The summed E-state index contributed by atoms with van der Waals surface area (Å²) in [7, 11) is -3.56. The number of hydrogen-bond donors (Lipinski definition) is 0. The number of hydrazone groups is 1. The van der Waals surface area contributed by atoms with Crippen molar-refractivity contribution in [1.29, 1.82) is 0 Å². The molecule has 0 spiro atoms. The summed E-state index contributed by atoms with van der Waals surface area (Å²) in [5.41, 5.74) is 1.80. The van der Waals surface area contributed by atoms with Gasteiger partial charge >= 0.3 is 0 Å². The molecule has 4 nitrogen and oxygen atoms in total. The van der Waals surface area contributed by atoms with E-state index >= 15 is 0 Å². The molecular formula is C16H16N2O2S. The second-order valence-corrected chi connectivity index (χ2v) is 6.72. The Morgan fingerprint density at radius 1 is 0.905 bits per heavy atom. The molecule has 0 aliphatic carbocycles.